The van der Waals surface area contributed by atoms with Crippen molar-refractivity contribution in [2.75, 3.05) is 41.0 Å². The van der Waals surface area contributed by atoms with Gasteiger partial charge < -0.3 is 21.0 Å². The number of hydrogen-bond donors (Lipinski definition) is 2. The van der Waals surface area contributed by atoms with Crippen molar-refractivity contribution < 1.29 is 4.79 Å². The highest BCUT2D eigenvalue weighted by Gasteiger charge is 2.32. The van der Waals surface area contributed by atoms with Crippen molar-refractivity contribution in [3.05, 3.63) is 42.1 Å². The Morgan fingerprint density at radius 1 is 1.06 bits per heavy atom. The summed E-state index contributed by atoms with van der Waals surface area (Å²) < 4.78 is 0. The van der Waals surface area contributed by atoms with Gasteiger partial charge in [0.15, 0.2) is 22.1 Å². The smallest absolute Gasteiger partial charge is 0.250 e. The number of amides is 1. The Morgan fingerprint density at radius 3 is 2.42 bits per heavy atom. The predicted molar refractivity (Wildman–Crippen MR) is 123 cm³/mol. The second-order valence-corrected chi connectivity index (χ2v) is 8.86. The lowest BCUT2D eigenvalue weighted by atomic mass is 10.2. The largest absolute Gasteiger partial charge is 0.366 e. The van der Waals surface area contributed by atoms with Gasteiger partial charge in [-0.3, -0.25) is 9.80 Å². The third-order valence-corrected chi connectivity index (χ3v) is 6.81. The molecular weight excluding hydrogens is 412 g/mol. The zero-order chi connectivity index (χ0) is 21.2. The Hall–Kier alpha value is -3.14. The van der Waals surface area contributed by atoms with Gasteiger partial charge in [0.1, 0.15) is 0 Å². The van der Waals surface area contributed by atoms with Gasteiger partial charge in [0.2, 0.25) is 5.91 Å². The number of thiazole rings is 1. The van der Waals surface area contributed by atoms with Crippen molar-refractivity contribution in [2.45, 2.75) is 31.8 Å². The number of azo groups is 1. The van der Waals surface area contributed by atoms with Gasteiger partial charge in [0.25, 0.3) is 0 Å². The van der Waals surface area contributed by atoms with Crippen LogP contribution in [0.4, 0.5) is 21.6 Å². The molecule has 1 atom stereocenters. The number of nitrogens with two attached hydrogens (primary N) is 1. The number of rotatable bonds is 6. The molecule has 5 rings (SSSR count). The van der Waals surface area contributed by atoms with E-state index < -0.39 is 12.1 Å². The van der Waals surface area contributed by atoms with Crippen LogP contribution in [0.1, 0.15) is 25.7 Å². The number of nitrogens with zero attached hydrogens (tertiary/aromatic N) is 6. The molecule has 2 aromatic rings. The van der Waals surface area contributed by atoms with Gasteiger partial charge in [-0.15, -0.1) is 5.11 Å². The SMILES string of the molecule is NC(=O)C1=CNN(c2ccccc2)C1N=Nc1sc(N2CCCC2)nc1N1CCCC1. The molecule has 3 aliphatic rings. The fourth-order valence-electron chi connectivity index (χ4n) is 4.18. The Balaban J connectivity index is 1.47. The molecular formula is C21H26N8OS. The van der Waals surface area contributed by atoms with Gasteiger partial charge in [-0.1, -0.05) is 29.5 Å². The molecule has 9 nitrogen and oxygen atoms in total. The fraction of sp³-hybridized carbons (Fsp3) is 0.429. The highest BCUT2D eigenvalue weighted by molar-refractivity contribution is 7.19. The van der Waals surface area contributed by atoms with E-state index in [0.29, 0.717) is 5.57 Å². The van der Waals surface area contributed by atoms with Crippen molar-refractivity contribution >= 4 is 38.9 Å². The van der Waals surface area contributed by atoms with Crippen LogP contribution >= 0.6 is 11.3 Å². The molecule has 0 saturated carbocycles. The zero-order valence-electron chi connectivity index (χ0n) is 17.3. The van der Waals surface area contributed by atoms with E-state index in [2.05, 4.69) is 25.5 Å². The van der Waals surface area contributed by atoms with Crippen LogP contribution in [0.2, 0.25) is 0 Å². The van der Waals surface area contributed by atoms with Crippen LogP contribution in [-0.4, -0.2) is 43.2 Å². The molecule has 0 spiro atoms. The molecule has 0 aliphatic carbocycles. The lowest BCUT2D eigenvalue weighted by Gasteiger charge is -2.24. The van der Waals surface area contributed by atoms with E-state index in [0.717, 1.165) is 60.7 Å². The average molecular weight is 439 g/mol. The van der Waals surface area contributed by atoms with Crippen LogP contribution in [-0.2, 0) is 4.79 Å². The minimum Gasteiger partial charge on any atom is -0.366 e. The normalized spacial score (nSPS) is 21.2. The lowest BCUT2D eigenvalue weighted by Crippen LogP contribution is -2.39. The second kappa shape index (κ2) is 8.54. The van der Waals surface area contributed by atoms with Crippen LogP contribution in [0.3, 0.4) is 0 Å². The van der Waals surface area contributed by atoms with Crippen molar-refractivity contribution in [3.63, 3.8) is 0 Å². The lowest BCUT2D eigenvalue weighted by molar-refractivity contribution is -0.114. The van der Waals surface area contributed by atoms with E-state index in [4.69, 9.17) is 10.7 Å². The van der Waals surface area contributed by atoms with E-state index in [1.165, 1.54) is 12.8 Å². The quantitative estimate of drug-likeness (QED) is 0.672. The number of nitrogens with one attached hydrogen (secondary N) is 1. The topological polar surface area (TPSA) is 102 Å². The Labute approximate surface area is 185 Å². The number of benzene rings is 1. The summed E-state index contributed by atoms with van der Waals surface area (Å²) in [5.41, 5.74) is 9.96. The average Bonchev–Trinajstić information content (AvgIpc) is 3.58. The van der Waals surface area contributed by atoms with E-state index in [1.807, 2.05) is 30.3 Å². The third-order valence-electron chi connectivity index (χ3n) is 5.82. The number of para-hydroxylation sites is 1. The standard InChI is InChI=1S/C21H26N8OS/c22-17(30)16-14-23-29(15-8-2-1-3-9-15)18(16)25-26-20-19(27-10-4-5-11-27)24-21(31-20)28-12-6-7-13-28/h1-3,8-9,14,18,23H,4-7,10-13H2,(H2,22,30). The van der Waals surface area contributed by atoms with Gasteiger partial charge in [-0.25, -0.2) is 4.98 Å². The molecule has 2 saturated heterocycles. The monoisotopic (exact) mass is 438 g/mol. The number of carbonyl (C=O) groups is 1. The maximum Gasteiger partial charge on any atom is 0.250 e. The number of anilines is 3. The van der Waals surface area contributed by atoms with E-state index in [1.54, 1.807) is 22.5 Å². The Morgan fingerprint density at radius 2 is 1.74 bits per heavy atom. The summed E-state index contributed by atoms with van der Waals surface area (Å²) in [6, 6.07) is 9.70. The number of hydrazine groups is 1. The highest BCUT2D eigenvalue weighted by Crippen LogP contribution is 2.42. The Kier molecular flexibility index (Phi) is 5.46. The maximum atomic E-state index is 12.0. The molecule has 1 aromatic heterocycles. The predicted octanol–water partition coefficient (Wildman–Crippen LogP) is 3.15. The van der Waals surface area contributed by atoms with Crippen molar-refractivity contribution in [1.29, 1.82) is 0 Å². The molecule has 31 heavy (non-hydrogen) atoms. The van der Waals surface area contributed by atoms with Gasteiger partial charge in [0.05, 0.1) is 11.3 Å². The molecule has 1 unspecified atom stereocenters. The molecule has 162 valence electrons. The molecule has 3 aliphatic heterocycles. The molecule has 4 heterocycles. The number of aromatic nitrogens is 1. The summed E-state index contributed by atoms with van der Waals surface area (Å²) in [7, 11) is 0. The number of hydrogen-bond acceptors (Lipinski definition) is 9. The van der Waals surface area contributed by atoms with Crippen molar-refractivity contribution in [1.82, 2.24) is 10.4 Å². The summed E-state index contributed by atoms with van der Waals surface area (Å²) >= 11 is 1.57. The fourth-order valence-corrected chi connectivity index (χ4v) is 5.15. The summed E-state index contributed by atoms with van der Waals surface area (Å²) in [5.74, 6) is 0.381. The molecule has 1 aromatic carbocycles. The van der Waals surface area contributed by atoms with Gasteiger partial charge in [-0.2, -0.15) is 5.11 Å². The molecule has 1 amide bonds. The third kappa shape index (κ3) is 3.95. The van der Waals surface area contributed by atoms with E-state index in [-0.39, 0.29) is 0 Å². The first-order valence-electron chi connectivity index (χ1n) is 10.7. The Bertz CT molecular complexity index is 992. The zero-order valence-corrected chi connectivity index (χ0v) is 18.1. The minimum atomic E-state index is -0.635. The second-order valence-electron chi connectivity index (χ2n) is 7.90. The van der Waals surface area contributed by atoms with Gasteiger partial charge >= 0.3 is 0 Å². The molecule has 0 bridgehead atoms. The number of carbonyl (C=O) groups excluding carboxylic acids is 1. The van der Waals surface area contributed by atoms with E-state index in [9.17, 15) is 4.79 Å². The van der Waals surface area contributed by atoms with Crippen LogP contribution in [0, 0.1) is 0 Å². The first kappa shape index (κ1) is 19.8. The van der Waals surface area contributed by atoms with Crippen LogP contribution in [0.25, 0.3) is 0 Å². The summed E-state index contributed by atoms with van der Waals surface area (Å²) in [5, 5.41) is 12.8. The van der Waals surface area contributed by atoms with Crippen LogP contribution in [0.15, 0.2) is 52.3 Å². The minimum absolute atomic E-state index is 0.375. The summed E-state index contributed by atoms with van der Waals surface area (Å²) in [6.45, 7) is 4.04. The van der Waals surface area contributed by atoms with E-state index >= 15 is 0 Å². The van der Waals surface area contributed by atoms with Crippen LogP contribution in [0.5, 0.6) is 0 Å². The molecule has 10 heteroatoms. The maximum absolute atomic E-state index is 12.0. The van der Waals surface area contributed by atoms with Crippen molar-refractivity contribution in [3.8, 4) is 0 Å². The first-order valence-corrected chi connectivity index (χ1v) is 11.5. The molecule has 2 fully saturated rings. The summed E-state index contributed by atoms with van der Waals surface area (Å²) in [6.07, 6.45) is 5.68. The molecule has 3 N–H and O–H groups in total. The molecule has 0 radical (unpaired) electrons. The van der Waals surface area contributed by atoms with Crippen molar-refractivity contribution in [2.24, 2.45) is 16.0 Å². The highest BCUT2D eigenvalue weighted by atomic mass is 32.1. The number of primary amides is 1. The summed E-state index contributed by atoms with van der Waals surface area (Å²) in [4.78, 5) is 21.6. The van der Waals surface area contributed by atoms with Crippen LogP contribution < -0.4 is 26.0 Å². The van der Waals surface area contributed by atoms with Gasteiger partial charge in [-0.05, 0) is 37.8 Å². The first-order chi connectivity index (χ1) is 15.2. The van der Waals surface area contributed by atoms with Gasteiger partial charge in [0, 0.05) is 32.4 Å².